The van der Waals surface area contributed by atoms with Crippen molar-refractivity contribution in [2.45, 2.75) is 69.2 Å². The minimum Gasteiger partial charge on any atom is -0.490 e. The molecule has 3 aromatic rings. The molecule has 2 fully saturated rings. The number of nitrogen functional groups attached to an aromatic ring is 1. The summed E-state index contributed by atoms with van der Waals surface area (Å²) < 4.78 is 6.94. The molecule has 1 saturated heterocycles. The zero-order valence-electron chi connectivity index (χ0n) is 22.6. The summed E-state index contributed by atoms with van der Waals surface area (Å²) in [4.78, 5) is 30.3. The minimum absolute atomic E-state index is 0.0437. The number of likely N-dealkylation sites (tertiary alicyclic amines) is 1. The minimum atomic E-state index is -1.48. The van der Waals surface area contributed by atoms with Crippen LogP contribution in [-0.4, -0.2) is 48.9 Å². The molecule has 7 N–H and O–H groups in total. The first-order valence-electron chi connectivity index (χ1n) is 13.9. The van der Waals surface area contributed by atoms with Crippen LogP contribution >= 0.6 is 11.3 Å². The van der Waals surface area contributed by atoms with E-state index in [1.165, 1.54) is 24.2 Å². The Hall–Kier alpha value is -2.98. The van der Waals surface area contributed by atoms with Crippen molar-refractivity contribution in [2.24, 2.45) is 11.5 Å². The van der Waals surface area contributed by atoms with E-state index in [4.69, 9.17) is 21.9 Å². The van der Waals surface area contributed by atoms with Crippen LogP contribution in [-0.2, 0) is 10.3 Å². The lowest BCUT2D eigenvalue weighted by Gasteiger charge is -2.37. The maximum Gasteiger partial charge on any atom is 0.262 e. The number of ether oxygens (including phenoxy) is 1. The number of ketones is 1. The fourth-order valence-electron chi connectivity index (χ4n) is 6.71. The zero-order valence-corrected chi connectivity index (χ0v) is 23.4. The van der Waals surface area contributed by atoms with Crippen LogP contribution in [0.2, 0.25) is 0 Å². The number of nitrogens with zero attached hydrogens (tertiary/aromatic N) is 1. The lowest BCUT2D eigenvalue weighted by molar-refractivity contribution is -0.124. The second kappa shape index (κ2) is 9.89. The lowest BCUT2D eigenvalue weighted by atomic mass is 9.69. The van der Waals surface area contributed by atoms with Gasteiger partial charge in [0, 0.05) is 29.2 Å². The fraction of sp³-hybridized carbons (Fsp3) is 0.467. The molecule has 0 spiro atoms. The van der Waals surface area contributed by atoms with Crippen LogP contribution in [0.3, 0.4) is 0 Å². The Morgan fingerprint density at radius 2 is 1.87 bits per heavy atom. The Morgan fingerprint density at radius 3 is 2.59 bits per heavy atom. The third-order valence-corrected chi connectivity index (χ3v) is 9.96. The molecule has 1 aliphatic heterocycles. The van der Waals surface area contributed by atoms with Crippen LogP contribution in [0.25, 0.3) is 10.1 Å². The van der Waals surface area contributed by atoms with Crippen molar-refractivity contribution in [3.63, 3.8) is 0 Å². The smallest absolute Gasteiger partial charge is 0.262 e. The highest BCUT2D eigenvalue weighted by Gasteiger charge is 2.49. The van der Waals surface area contributed by atoms with Crippen LogP contribution in [0.1, 0.15) is 76.5 Å². The SMILES string of the molecule is Cc1cc(OC2CCCC2)ccc1C1(N)C(=O)C(N)c2c(C(=O)NC3CCCN(C)C3)sc3c(N)ccc1c23. The summed E-state index contributed by atoms with van der Waals surface area (Å²) in [7, 11) is 2.05. The van der Waals surface area contributed by atoms with E-state index in [2.05, 4.69) is 17.3 Å². The number of rotatable bonds is 5. The van der Waals surface area contributed by atoms with Gasteiger partial charge in [0.15, 0.2) is 5.78 Å². The fourth-order valence-corrected chi connectivity index (χ4v) is 7.92. The van der Waals surface area contributed by atoms with Gasteiger partial charge in [-0.3, -0.25) is 9.59 Å². The van der Waals surface area contributed by atoms with E-state index in [9.17, 15) is 9.59 Å². The van der Waals surface area contributed by atoms with Crippen molar-refractivity contribution >= 4 is 38.8 Å². The first-order valence-corrected chi connectivity index (χ1v) is 14.7. The Morgan fingerprint density at radius 1 is 1.13 bits per heavy atom. The molecular formula is C30H37N5O3S. The maximum atomic E-state index is 14.1. The number of carbonyl (C=O) groups excluding carboxylic acids is 2. The number of aryl methyl sites for hydroxylation is 1. The van der Waals surface area contributed by atoms with Gasteiger partial charge in [-0.25, -0.2) is 0 Å². The number of carbonyl (C=O) groups is 2. The number of nitrogens with two attached hydrogens (primary N) is 3. The van der Waals surface area contributed by atoms with E-state index >= 15 is 0 Å². The number of Topliss-reactive ketones (excluding diaryl/α,β-unsaturated/α-hetero) is 1. The van der Waals surface area contributed by atoms with Crippen LogP contribution in [0, 0.1) is 6.92 Å². The number of hydrogen-bond donors (Lipinski definition) is 4. The van der Waals surface area contributed by atoms with Crippen molar-refractivity contribution in [3.05, 3.63) is 57.5 Å². The molecule has 2 aromatic carbocycles. The number of thiophene rings is 1. The summed E-state index contributed by atoms with van der Waals surface area (Å²) in [6.45, 7) is 3.75. The number of amides is 1. The molecule has 2 heterocycles. The molecule has 1 saturated carbocycles. The largest absolute Gasteiger partial charge is 0.490 e. The number of piperidine rings is 1. The maximum absolute atomic E-state index is 14.1. The summed E-state index contributed by atoms with van der Waals surface area (Å²) in [5.41, 5.74) is 21.9. The molecule has 0 bridgehead atoms. The molecule has 6 rings (SSSR count). The van der Waals surface area contributed by atoms with E-state index in [0.29, 0.717) is 27.3 Å². The molecule has 206 valence electrons. The van der Waals surface area contributed by atoms with Crippen LogP contribution in [0.15, 0.2) is 30.3 Å². The molecule has 1 amide bonds. The van der Waals surface area contributed by atoms with Gasteiger partial charge in [-0.1, -0.05) is 12.1 Å². The molecular weight excluding hydrogens is 510 g/mol. The van der Waals surface area contributed by atoms with Gasteiger partial charge < -0.3 is 32.2 Å². The monoisotopic (exact) mass is 547 g/mol. The summed E-state index contributed by atoms with van der Waals surface area (Å²) in [6.07, 6.45) is 6.67. The van der Waals surface area contributed by atoms with E-state index in [1.807, 2.05) is 31.2 Å². The highest BCUT2D eigenvalue weighted by atomic mass is 32.1. The molecule has 0 radical (unpaired) electrons. The van der Waals surface area contributed by atoms with Gasteiger partial charge in [0.05, 0.1) is 21.7 Å². The highest BCUT2D eigenvalue weighted by molar-refractivity contribution is 7.21. The molecule has 9 heteroatoms. The van der Waals surface area contributed by atoms with Gasteiger partial charge in [-0.2, -0.15) is 0 Å². The average molecular weight is 548 g/mol. The van der Waals surface area contributed by atoms with Crippen LogP contribution < -0.4 is 27.3 Å². The lowest BCUT2D eigenvalue weighted by Crippen LogP contribution is -2.53. The summed E-state index contributed by atoms with van der Waals surface area (Å²) in [6, 6.07) is 8.32. The Bertz CT molecular complexity index is 1460. The van der Waals surface area contributed by atoms with Gasteiger partial charge >= 0.3 is 0 Å². The normalized spacial score (nSPS) is 25.8. The molecule has 2 aliphatic carbocycles. The highest BCUT2D eigenvalue weighted by Crippen LogP contribution is 2.50. The van der Waals surface area contributed by atoms with Crippen LogP contribution in [0.5, 0.6) is 5.75 Å². The predicted octanol–water partition coefficient (Wildman–Crippen LogP) is 3.72. The number of anilines is 1. The van der Waals surface area contributed by atoms with Gasteiger partial charge in [-0.05, 0) is 93.9 Å². The molecule has 1 aromatic heterocycles. The quantitative estimate of drug-likeness (QED) is 0.357. The van der Waals surface area contributed by atoms with E-state index in [0.717, 1.165) is 60.2 Å². The number of benzene rings is 2. The number of likely N-dealkylation sites (N-methyl/N-ethyl adjacent to an activating group) is 1. The third-order valence-electron chi connectivity index (χ3n) is 8.71. The van der Waals surface area contributed by atoms with Crippen molar-refractivity contribution in [3.8, 4) is 5.75 Å². The van der Waals surface area contributed by atoms with Crippen molar-refractivity contribution < 1.29 is 14.3 Å². The first kappa shape index (κ1) is 26.3. The molecule has 8 nitrogen and oxygen atoms in total. The Kier molecular flexibility index (Phi) is 6.66. The standard InChI is InChI=1S/C30H37N5O3S/c1-16-14-19(38-18-7-3-4-8-18)9-10-20(16)30(33)21-11-12-22(31)26-23(21)24(25(32)28(30)36)27(39-26)29(37)34-17-6-5-13-35(2)15-17/h9-12,14,17-18,25H,3-8,13,15,31-33H2,1-2H3,(H,34,37). The van der Waals surface area contributed by atoms with Gasteiger partial charge in [0.1, 0.15) is 11.3 Å². The second-order valence-corrected chi connectivity index (χ2v) is 12.5. The van der Waals surface area contributed by atoms with Crippen LogP contribution in [0.4, 0.5) is 5.69 Å². The first-order chi connectivity index (χ1) is 18.7. The molecule has 3 aliphatic rings. The predicted molar refractivity (Wildman–Crippen MR) is 155 cm³/mol. The number of hydrogen-bond acceptors (Lipinski definition) is 8. The van der Waals surface area contributed by atoms with Gasteiger partial charge in [-0.15, -0.1) is 11.3 Å². The Labute approximate surface area is 232 Å². The second-order valence-electron chi connectivity index (χ2n) is 11.5. The summed E-state index contributed by atoms with van der Waals surface area (Å²) in [5.74, 6) is 0.234. The van der Waals surface area contributed by atoms with Gasteiger partial charge in [0.2, 0.25) is 0 Å². The van der Waals surface area contributed by atoms with Crippen molar-refractivity contribution in [1.82, 2.24) is 10.2 Å². The average Bonchev–Trinajstić information content (AvgIpc) is 3.56. The molecule has 3 unspecified atom stereocenters. The third kappa shape index (κ3) is 4.32. The van der Waals surface area contributed by atoms with E-state index < -0.39 is 11.6 Å². The van der Waals surface area contributed by atoms with Gasteiger partial charge in [0.25, 0.3) is 5.91 Å². The molecule has 3 atom stereocenters. The number of nitrogens with one attached hydrogen (secondary N) is 1. The summed E-state index contributed by atoms with van der Waals surface area (Å²) >= 11 is 1.29. The van der Waals surface area contributed by atoms with Crippen molar-refractivity contribution in [1.29, 1.82) is 0 Å². The molecule has 39 heavy (non-hydrogen) atoms. The topological polar surface area (TPSA) is 137 Å². The van der Waals surface area contributed by atoms with E-state index in [1.54, 1.807) is 6.07 Å². The Balaban J connectivity index is 1.42. The summed E-state index contributed by atoms with van der Waals surface area (Å²) in [5, 5.41) is 3.90. The van der Waals surface area contributed by atoms with E-state index in [-0.39, 0.29) is 23.8 Å². The van der Waals surface area contributed by atoms with Crippen molar-refractivity contribution in [2.75, 3.05) is 25.9 Å². The zero-order chi connectivity index (χ0) is 27.5.